The van der Waals surface area contributed by atoms with Crippen LogP contribution in [0.1, 0.15) is 33.5 Å². The van der Waals surface area contributed by atoms with Crippen LogP contribution in [0.15, 0.2) is 60.8 Å². The zero-order valence-electron chi connectivity index (χ0n) is 18.9. The Balaban J connectivity index is 1.47. The number of nitrogens with zero attached hydrogens (tertiary/aromatic N) is 4. The Hall–Kier alpha value is -4.47. The molecule has 0 unspecified atom stereocenters. The number of nitrogens with one attached hydrogen (secondary N) is 1. The predicted molar refractivity (Wildman–Crippen MR) is 122 cm³/mol. The van der Waals surface area contributed by atoms with Crippen molar-refractivity contribution in [2.45, 2.75) is 13.0 Å². The van der Waals surface area contributed by atoms with E-state index in [-0.39, 0.29) is 11.6 Å². The molecule has 0 saturated heterocycles. The summed E-state index contributed by atoms with van der Waals surface area (Å²) in [4.78, 5) is 33.2. The third kappa shape index (κ3) is 4.96. The third-order valence-corrected chi connectivity index (χ3v) is 5.15. The van der Waals surface area contributed by atoms with Gasteiger partial charge in [0.15, 0.2) is 6.61 Å². The van der Waals surface area contributed by atoms with Gasteiger partial charge in [0.05, 0.1) is 20.3 Å². The lowest BCUT2D eigenvalue weighted by Gasteiger charge is -2.20. The summed E-state index contributed by atoms with van der Waals surface area (Å²) in [6.07, 6.45) is 1.57. The lowest BCUT2D eigenvalue weighted by atomic mass is 9.98. The molecular weight excluding hydrogens is 438 g/mol. The highest BCUT2D eigenvalue weighted by Gasteiger charge is 2.21. The van der Waals surface area contributed by atoms with E-state index >= 15 is 0 Å². The standard InChI is InChI=1S/C24H23N5O5/c1-15-12-13-25-24-27-22(28-29(15)24)23(31)34-14-20(30)26-21(16-4-8-18(32-2)9-5-16)17-6-10-19(33-3)11-7-17/h4-13,21H,14H2,1-3H3,(H,26,30). The summed E-state index contributed by atoms with van der Waals surface area (Å²) < 4.78 is 17.0. The van der Waals surface area contributed by atoms with E-state index in [0.29, 0.717) is 11.5 Å². The number of methoxy groups -OCH3 is 2. The van der Waals surface area contributed by atoms with Crippen molar-refractivity contribution in [2.24, 2.45) is 0 Å². The average molecular weight is 461 g/mol. The van der Waals surface area contributed by atoms with Gasteiger partial charge in [-0.15, -0.1) is 5.10 Å². The number of esters is 1. The smallest absolute Gasteiger partial charge is 0.378 e. The van der Waals surface area contributed by atoms with Gasteiger partial charge in [0.2, 0.25) is 0 Å². The fraction of sp³-hybridized carbons (Fsp3) is 0.208. The van der Waals surface area contributed by atoms with Crippen LogP contribution in [-0.2, 0) is 9.53 Å². The molecule has 10 heteroatoms. The molecule has 0 aliphatic carbocycles. The summed E-state index contributed by atoms with van der Waals surface area (Å²) in [6.45, 7) is 1.31. The molecule has 0 fully saturated rings. The third-order valence-electron chi connectivity index (χ3n) is 5.15. The maximum absolute atomic E-state index is 12.7. The van der Waals surface area contributed by atoms with Crippen LogP contribution in [0.3, 0.4) is 0 Å². The minimum absolute atomic E-state index is 0.170. The fourth-order valence-electron chi connectivity index (χ4n) is 3.34. The molecule has 2 aromatic heterocycles. The van der Waals surface area contributed by atoms with E-state index in [2.05, 4.69) is 20.4 Å². The van der Waals surface area contributed by atoms with Crippen LogP contribution in [-0.4, -0.2) is 52.3 Å². The van der Waals surface area contributed by atoms with Crippen molar-refractivity contribution in [1.29, 1.82) is 0 Å². The highest BCUT2D eigenvalue weighted by Crippen LogP contribution is 2.26. The number of carbonyl (C=O) groups is 2. The molecule has 0 aliphatic heterocycles. The summed E-state index contributed by atoms with van der Waals surface area (Å²) in [6, 6.07) is 15.9. The maximum atomic E-state index is 12.7. The number of aromatic nitrogens is 4. The molecule has 34 heavy (non-hydrogen) atoms. The first-order valence-corrected chi connectivity index (χ1v) is 10.4. The summed E-state index contributed by atoms with van der Waals surface area (Å²) in [5.41, 5.74) is 2.42. The Labute approximate surface area is 195 Å². The second kappa shape index (κ2) is 9.99. The number of benzene rings is 2. The van der Waals surface area contributed by atoms with Gasteiger partial charge >= 0.3 is 5.97 Å². The molecule has 0 saturated carbocycles. The molecule has 0 radical (unpaired) electrons. The number of ether oxygens (including phenoxy) is 3. The van der Waals surface area contributed by atoms with E-state index in [4.69, 9.17) is 14.2 Å². The second-order valence-corrected chi connectivity index (χ2v) is 7.36. The minimum Gasteiger partial charge on any atom is -0.497 e. The van der Waals surface area contributed by atoms with Gasteiger partial charge in [-0.05, 0) is 48.4 Å². The highest BCUT2D eigenvalue weighted by atomic mass is 16.5. The number of hydrogen-bond donors (Lipinski definition) is 1. The summed E-state index contributed by atoms with van der Waals surface area (Å²) in [7, 11) is 3.17. The zero-order valence-corrected chi connectivity index (χ0v) is 18.9. The van der Waals surface area contributed by atoms with Gasteiger partial charge in [-0.1, -0.05) is 24.3 Å². The van der Waals surface area contributed by atoms with Crippen LogP contribution in [0.25, 0.3) is 5.78 Å². The molecule has 4 aromatic rings. The molecule has 0 bridgehead atoms. The highest BCUT2D eigenvalue weighted by molar-refractivity contribution is 5.88. The monoisotopic (exact) mass is 461 g/mol. The van der Waals surface area contributed by atoms with Crippen molar-refractivity contribution >= 4 is 17.7 Å². The van der Waals surface area contributed by atoms with Crippen LogP contribution in [0, 0.1) is 6.92 Å². The van der Waals surface area contributed by atoms with Gasteiger partial charge < -0.3 is 19.5 Å². The number of carbonyl (C=O) groups excluding carboxylic acids is 2. The molecule has 0 spiro atoms. The van der Waals surface area contributed by atoms with Gasteiger partial charge in [0, 0.05) is 11.9 Å². The Bertz CT molecular complexity index is 1250. The van der Waals surface area contributed by atoms with Gasteiger partial charge in [-0.25, -0.2) is 14.3 Å². The number of amides is 1. The lowest BCUT2D eigenvalue weighted by molar-refractivity contribution is -0.124. The molecule has 0 atom stereocenters. The van der Waals surface area contributed by atoms with Crippen molar-refractivity contribution < 1.29 is 23.8 Å². The second-order valence-electron chi connectivity index (χ2n) is 7.36. The van der Waals surface area contributed by atoms with Gasteiger partial charge in [0.1, 0.15) is 11.5 Å². The number of aryl methyl sites for hydroxylation is 1. The number of fused-ring (bicyclic) bond motifs is 1. The SMILES string of the molecule is COc1ccc(C(NC(=O)COC(=O)c2nc3nccc(C)n3n2)c2ccc(OC)cc2)cc1. The normalized spacial score (nSPS) is 10.8. The van der Waals surface area contributed by atoms with Crippen LogP contribution in [0.2, 0.25) is 0 Å². The van der Waals surface area contributed by atoms with Gasteiger partial charge in [-0.2, -0.15) is 4.98 Å². The molecule has 1 N–H and O–H groups in total. The molecule has 4 rings (SSSR count). The largest absolute Gasteiger partial charge is 0.497 e. The fourth-order valence-corrected chi connectivity index (χ4v) is 3.34. The van der Waals surface area contributed by atoms with Crippen LogP contribution < -0.4 is 14.8 Å². The Morgan fingerprint density at radius 3 is 2.06 bits per heavy atom. The molecule has 2 heterocycles. The molecule has 10 nitrogen and oxygen atoms in total. The van der Waals surface area contributed by atoms with Crippen LogP contribution in [0.5, 0.6) is 11.5 Å². The number of rotatable bonds is 8. The molecular formula is C24H23N5O5. The van der Waals surface area contributed by atoms with Crippen molar-refractivity contribution in [3.05, 3.63) is 83.4 Å². The summed E-state index contributed by atoms with van der Waals surface area (Å²) in [5.74, 6) is 0.199. The van der Waals surface area contributed by atoms with Crippen molar-refractivity contribution in [1.82, 2.24) is 24.9 Å². The molecule has 2 aromatic carbocycles. The van der Waals surface area contributed by atoms with Crippen LogP contribution in [0.4, 0.5) is 0 Å². The minimum atomic E-state index is -0.814. The van der Waals surface area contributed by atoms with Crippen molar-refractivity contribution in [3.63, 3.8) is 0 Å². The van der Waals surface area contributed by atoms with Gasteiger partial charge in [-0.3, -0.25) is 4.79 Å². The van der Waals surface area contributed by atoms with Crippen molar-refractivity contribution in [3.8, 4) is 11.5 Å². The van der Waals surface area contributed by atoms with Crippen molar-refractivity contribution in [2.75, 3.05) is 20.8 Å². The number of hydrogen-bond acceptors (Lipinski definition) is 8. The lowest BCUT2D eigenvalue weighted by Crippen LogP contribution is -2.33. The topological polar surface area (TPSA) is 117 Å². The predicted octanol–water partition coefficient (Wildman–Crippen LogP) is 2.51. The average Bonchev–Trinajstić information content (AvgIpc) is 3.32. The van der Waals surface area contributed by atoms with E-state index in [1.165, 1.54) is 4.52 Å². The maximum Gasteiger partial charge on any atom is 0.378 e. The molecule has 1 amide bonds. The van der Waals surface area contributed by atoms with E-state index in [0.717, 1.165) is 16.8 Å². The van der Waals surface area contributed by atoms with E-state index in [1.54, 1.807) is 26.5 Å². The Kier molecular flexibility index (Phi) is 6.67. The molecule has 174 valence electrons. The Morgan fingerprint density at radius 1 is 0.941 bits per heavy atom. The summed E-state index contributed by atoms with van der Waals surface area (Å²) >= 11 is 0. The van der Waals surface area contributed by atoms with Gasteiger partial charge in [0.25, 0.3) is 17.5 Å². The first-order chi connectivity index (χ1) is 16.5. The first-order valence-electron chi connectivity index (χ1n) is 10.4. The Morgan fingerprint density at radius 2 is 1.53 bits per heavy atom. The van der Waals surface area contributed by atoms with E-state index in [1.807, 2.05) is 55.5 Å². The zero-order chi connectivity index (χ0) is 24.1. The quantitative estimate of drug-likeness (QED) is 0.398. The van der Waals surface area contributed by atoms with E-state index < -0.39 is 24.5 Å². The summed E-state index contributed by atoms with van der Waals surface area (Å²) in [5, 5.41) is 7.00. The first kappa shape index (κ1) is 22.7. The molecule has 0 aliphatic rings. The van der Waals surface area contributed by atoms with E-state index in [9.17, 15) is 9.59 Å². The van der Waals surface area contributed by atoms with Crippen LogP contribution >= 0.6 is 0 Å².